The van der Waals surface area contributed by atoms with Crippen molar-refractivity contribution < 1.29 is 28.5 Å². The number of carbonyl (C=O) groups is 2. The Labute approximate surface area is 168 Å². The molecule has 0 spiro atoms. The van der Waals surface area contributed by atoms with Crippen LogP contribution in [0.3, 0.4) is 0 Å². The number of para-hydroxylation sites is 2. The number of esters is 1. The highest BCUT2D eigenvalue weighted by Gasteiger charge is 2.16. The summed E-state index contributed by atoms with van der Waals surface area (Å²) in [5, 5.41) is 0. The summed E-state index contributed by atoms with van der Waals surface area (Å²) in [7, 11) is 1.44. The molecule has 0 saturated carbocycles. The number of methoxy groups -OCH3 is 1. The summed E-state index contributed by atoms with van der Waals surface area (Å²) in [5.41, 5.74) is 0.511. The van der Waals surface area contributed by atoms with E-state index < -0.39 is 5.97 Å². The van der Waals surface area contributed by atoms with Crippen LogP contribution in [0.25, 0.3) is 0 Å². The molecule has 0 atom stereocenters. The van der Waals surface area contributed by atoms with Crippen LogP contribution in [0.1, 0.15) is 20.7 Å². The van der Waals surface area contributed by atoms with Gasteiger partial charge in [0.15, 0.2) is 17.8 Å². The highest BCUT2D eigenvalue weighted by Crippen LogP contribution is 2.31. The number of benzene rings is 3. The summed E-state index contributed by atoms with van der Waals surface area (Å²) in [6.45, 7) is 0.678. The van der Waals surface area contributed by atoms with Gasteiger partial charge >= 0.3 is 5.97 Å². The Hall–Kier alpha value is -3.80. The van der Waals surface area contributed by atoms with E-state index in [0.29, 0.717) is 31.0 Å². The second kappa shape index (κ2) is 9.94. The molecule has 148 valence electrons. The minimum absolute atomic E-state index is 0.0811. The average molecular weight is 392 g/mol. The van der Waals surface area contributed by atoms with Crippen molar-refractivity contribution in [3.8, 4) is 23.0 Å². The zero-order valence-corrected chi connectivity index (χ0v) is 15.9. The molecule has 0 radical (unpaired) electrons. The molecule has 0 aliphatic carbocycles. The summed E-state index contributed by atoms with van der Waals surface area (Å²) in [6.07, 6.45) is 0.609. The predicted molar refractivity (Wildman–Crippen MR) is 107 cm³/mol. The molecule has 0 unspecified atom stereocenters. The van der Waals surface area contributed by atoms with E-state index in [0.717, 1.165) is 5.75 Å². The van der Waals surface area contributed by atoms with Gasteiger partial charge in [0.05, 0.1) is 18.2 Å². The normalized spacial score (nSPS) is 10.1. The van der Waals surface area contributed by atoms with E-state index in [1.54, 1.807) is 42.5 Å². The van der Waals surface area contributed by atoms with Crippen molar-refractivity contribution in [2.24, 2.45) is 0 Å². The SMILES string of the molecule is COc1cccc(C=O)c1OC(=O)c1cccc(OCCOc2ccccc2)c1. The smallest absolute Gasteiger partial charge is 0.343 e. The van der Waals surface area contributed by atoms with Crippen molar-refractivity contribution in [1.82, 2.24) is 0 Å². The molecule has 0 N–H and O–H groups in total. The third-order valence-corrected chi connectivity index (χ3v) is 3.98. The maximum atomic E-state index is 12.5. The van der Waals surface area contributed by atoms with E-state index in [-0.39, 0.29) is 16.9 Å². The van der Waals surface area contributed by atoms with Crippen molar-refractivity contribution in [1.29, 1.82) is 0 Å². The lowest BCUT2D eigenvalue weighted by Crippen LogP contribution is -2.12. The lowest BCUT2D eigenvalue weighted by molar-refractivity contribution is 0.0728. The lowest BCUT2D eigenvalue weighted by atomic mass is 10.2. The summed E-state index contributed by atoms with van der Waals surface area (Å²) in [4.78, 5) is 23.8. The molecule has 0 saturated heterocycles. The second-order valence-corrected chi connectivity index (χ2v) is 5.92. The number of carbonyl (C=O) groups excluding carboxylic acids is 2. The van der Waals surface area contributed by atoms with E-state index in [4.69, 9.17) is 18.9 Å². The summed E-state index contributed by atoms with van der Waals surface area (Å²) < 4.78 is 21.8. The van der Waals surface area contributed by atoms with Crippen LogP contribution >= 0.6 is 0 Å². The first-order valence-electron chi connectivity index (χ1n) is 8.96. The van der Waals surface area contributed by atoms with Gasteiger partial charge in [-0.2, -0.15) is 0 Å². The fourth-order valence-corrected chi connectivity index (χ4v) is 2.60. The Balaban J connectivity index is 1.62. The third kappa shape index (κ3) is 5.35. The number of hydrogen-bond acceptors (Lipinski definition) is 6. The minimum Gasteiger partial charge on any atom is -0.493 e. The number of rotatable bonds is 9. The quantitative estimate of drug-likeness (QED) is 0.235. The second-order valence-electron chi connectivity index (χ2n) is 5.92. The van der Waals surface area contributed by atoms with Crippen LogP contribution in [0.5, 0.6) is 23.0 Å². The minimum atomic E-state index is -0.622. The molecule has 0 fully saturated rings. The number of aldehydes is 1. The molecule has 0 aliphatic heterocycles. The van der Waals surface area contributed by atoms with E-state index in [1.165, 1.54) is 7.11 Å². The predicted octanol–water partition coefficient (Wildman–Crippen LogP) is 4.18. The van der Waals surface area contributed by atoms with Crippen molar-refractivity contribution in [3.63, 3.8) is 0 Å². The van der Waals surface area contributed by atoms with Gasteiger partial charge in [-0.3, -0.25) is 4.79 Å². The highest BCUT2D eigenvalue weighted by molar-refractivity contribution is 5.93. The zero-order valence-electron chi connectivity index (χ0n) is 15.9. The van der Waals surface area contributed by atoms with Gasteiger partial charge < -0.3 is 18.9 Å². The maximum absolute atomic E-state index is 12.5. The molecule has 6 heteroatoms. The zero-order chi connectivity index (χ0) is 20.5. The summed E-state index contributed by atoms with van der Waals surface area (Å²) >= 11 is 0. The average Bonchev–Trinajstić information content (AvgIpc) is 2.77. The molecule has 0 aliphatic rings. The molecule has 3 rings (SSSR count). The first kappa shape index (κ1) is 19.9. The Morgan fingerprint density at radius 2 is 1.55 bits per heavy atom. The van der Waals surface area contributed by atoms with Crippen molar-refractivity contribution in [2.45, 2.75) is 0 Å². The van der Waals surface area contributed by atoms with Gasteiger partial charge in [-0.1, -0.05) is 30.3 Å². The molecule has 0 aromatic heterocycles. The standard InChI is InChI=1S/C23H20O6/c1-26-21-12-6-8-18(16-24)22(21)29-23(25)17-7-5-11-20(15-17)28-14-13-27-19-9-3-2-4-10-19/h2-12,15-16H,13-14H2,1H3. The Bertz CT molecular complexity index is 968. The number of hydrogen-bond donors (Lipinski definition) is 0. The van der Waals surface area contributed by atoms with E-state index >= 15 is 0 Å². The molecule has 3 aromatic rings. The van der Waals surface area contributed by atoms with Crippen LogP contribution in [0.4, 0.5) is 0 Å². The monoisotopic (exact) mass is 392 g/mol. The van der Waals surface area contributed by atoms with Crippen LogP contribution in [-0.4, -0.2) is 32.6 Å². The van der Waals surface area contributed by atoms with Crippen LogP contribution in [0, 0.1) is 0 Å². The molecule has 3 aromatic carbocycles. The van der Waals surface area contributed by atoms with Crippen molar-refractivity contribution in [2.75, 3.05) is 20.3 Å². The Kier molecular flexibility index (Phi) is 6.84. The third-order valence-electron chi connectivity index (χ3n) is 3.98. The van der Waals surface area contributed by atoms with Gasteiger partial charge in [-0.25, -0.2) is 4.79 Å². The fourth-order valence-electron chi connectivity index (χ4n) is 2.60. The van der Waals surface area contributed by atoms with Gasteiger partial charge in [0.2, 0.25) is 0 Å². The van der Waals surface area contributed by atoms with Gasteiger partial charge in [0.1, 0.15) is 24.7 Å². The van der Waals surface area contributed by atoms with Crippen molar-refractivity contribution >= 4 is 12.3 Å². The first-order chi connectivity index (χ1) is 14.2. The van der Waals surface area contributed by atoms with Gasteiger partial charge in [0, 0.05) is 0 Å². The van der Waals surface area contributed by atoms with Crippen LogP contribution < -0.4 is 18.9 Å². The topological polar surface area (TPSA) is 71.1 Å². The highest BCUT2D eigenvalue weighted by atomic mass is 16.6. The van der Waals surface area contributed by atoms with Gasteiger partial charge in [-0.05, 0) is 42.5 Å². The lowest BCUT2D eigenvalue weighted by Gasteiger charge is -2.12. The maximum Gasteiger partial charge on any atom is 0.343 e. The molecular formula is C23H20O6. The summed E-state index contributed by atoms with van der Waals surface area (Å²) in [5.74, 6) is 1.03. The molecular weight excluding hydrogens is 372 g/mol. The molecule has 0 amide bonds. The largest absolute Gasteiger partial charge is 0.493 e. The van der Waals surface area contributed by atoms with E-state index in [9.17, 15) is 9.59 Å². The molecule has 0 heterocycles. The van der Waals surface area contributed by atoms with Crippen LogP contribution in [0.2, 0.25) is 0 Å². The molecule has 0 bridgehead atoms. The first-order valence-corrected chi connectivity index (χ1v) is 8.96. The van der Waals surface area contributed by atoms with Crippen molar-refractivity contribution in [3.05, 3.63) is 83.9 Å². The fraction of sp³-hybridized carbons (Fsp3) is 0.130. The van der Waals surface area contributed by atoms with E-state index in [2.05, 4.69) is 0 Å². The van der Waals surface area contributed by atoms with Crippen LogP contribution in [-0.2, 0) is 0 Å². The van der Waals surface area contributed by atoms with Crippen LogP contribution in [0.15, 0.2) is 72.8 Å². The Morgan fingerprint density at radius 3 is 2.28 bits per heavy atom. The van der Waals surface area contributed by atoms with Gasteiger partial charge in [0.25, 0.3) is 0 Å². The summed E-state index contributed by atoms with van der Waals surface area (Å²) in [6, 6.07) is 20.8. The number of ether oxygens (including phenoxy) is 4. The van der Waals surface area contributed by atoms with Gasteiger partial charge in [-0.15, -0.1) is 0 Å². The Morgan fingerprint density at radius 1 is 0.862 bits per heavy atom. The molecule has 29 heavy (non-hydrogen) atoms. The molecule has 6 nitrogen and oxygen atoms in total. The van der Waals surface area contributed by atoms with E-state index in [1.807, 2.05) is 30.3 Å².